The van der Waals surface area contributed by atoms with Crippen LogP contribution in [-0.2, 0) is 4.79 Å². The molecule has 1 amide bonds. The molecule has 4 rings (SSSR count). The van der Waals surface area contributed by atoms with Crippen molar-refractivity contribution in [3.8, 4) is 0 Å². The number of hydrogen-bond donors (Lipinski definition) is 0. The second-order valence-corrected chi connectivity index (χ2v) is 6.84. The van der Waals surface area contributed by atoms with Gasteiger partial charge in [-0.15, -0.1) is 0 Å². The van der Waals surface area contributed by atoms with Gasteiger partial charge >= 0.3 is 0 Å². The molecule has 3 aromatic carbocycles. The first-order chi connectivity index (χ1) is 13.5. The number of benzene rings is 3. The molecule has 0 N–H and O–H groups in total. The second-order valence-electron chi connectivity index (χ2n) is 6.84. The lowest BCUT2D eigenvalue weighted by Gasteiger charge is -2.19. The summed E-state index contributed by atoms with van der Waals surface area (Å²) in [6.07, 6.45) is 1.50. The Morgan fingerprint density at radius 2 is 1.61 bits per heavy atom. The molecule has 3 aromatic rings. The fourth-order valence-electron chi connectivity index (χ4n) is 3.24. The Bertz CT molecular complexity index is 1130. The second kappa shape index (κ2) is 7.24. The van der Waals surface area contributed by atoms with Crippen molar-refractivity contribution in [2.24, 2.45) is 4.99 Å². The molecule has 0 aromatic heterocycles. The zero-order chi connectivity index (χ0) is 19.7. The van der Waals surface area contributed by atoms with Gasteiger partial charge in [-0.25, -0.2) is 9.38 Å². The van der Waals surface area contributed by atoms with Gasteiger partial charge in [-0.05, 0) is 49.8 Å². The monoisotopic (exact) mass is 370 g/mol. The molecule has 4 heteroatoms. The van der Waals surface area contributed by atoms with Crippen molar-refractivity contribution in [2.75, 3.05) is 4.90 Å². The number of rotatable bonds is 3. The highest BCUT2D eigenvalue weighted by Gasteiger charge is 2.32. The van der Waals surface area contributed by atoms with E-state index in [1.54, 1.807) is 23.1 Å². The minimum atomic E-state index is -0.385. The lowest BCUT2D eigenvalue weighted by atomic mass is 10.1. The third-order valence-electron chi connectivity index (χ3n) is 4.59. The first kappa shape index (κ1) is 17.9. The van der Waals surface area contributed by atoms with Crippen LogP contribution >= 0.6 is 0 Å². The zero-order valence-corrected chi connectivity index (χ0v) is 15.7. The lowest BCUT2D eigenvalue weighted by molar-refractivity contribution is -0.113. The van der Waals surface area contributed by atoms with Crippen LogP contribution < -0.4 is 4.90 Å². The van der Waals surface area contributed by atoms with E-state index in [1.165, 1.54) is 12.1 Å². The van der Waals surface area contributed by atoms with Crippen LogP contribution in [0.25, 0.3) is 6.08 Å². The molecule has 0 aliphatic carbocycles. The van der Waals surface area contributed by atoms with Gasteiger partial charge in [0.05, 0.1) is 5.69 Å². The number of halogens is 1. The van der Waals surface area contributed by atoms with Crippen LogP contribution in [0.4, 0.5) is 10.1 Å². The average Bonchev–Trinajstić information content (AvgIpc) is 3.00. The van der Waals surface area contributed by atoms with Crippen molar-refractivity contribution < 1.29 is 9.18 Å². The van der Waals surface area contributed by atoms with E-state index in [0.29, 0.717) is 11.4 Å². The van der Waals surface area contributed by atoms with Gasteiger partial charge in [0, 0.05) is 11.1 Å². The molecule has 0 atom stereocenters. The Kier molecular flexibility index (Phi) is 4.62. The number of amides is 1. The smallest absolute Gasteiger partial charge is 0.266 e. The highest BCUT2D eigenvalue weighted by molar-refractivity contribution is 6.33. The van der Waals surface area contributed by atoms with E-state index in [1.807, 2.05) is 62.4 Å². The Hall–Kier alpha value is -3.53. The molecule has 1 aliphatic heterocycles. The Morgan fingerprint density at radius 3 is 2.32 bits per heavy atom. The Labute approximate surface area is 163 Å². The molecule has 1 aliphatic rings. The van der Waals surface area contributed by atoms with Gasteiger partial charge in [-0.3, -0.25) is 9.69 Å². The van der Waals surface area contributed by atoms with Crippen LogP contribution in [0, 0.1) is 19.7 Å². The number of carbonyl (C=O) groups is 1. The van der Waals surface area contributed by atoms with Crippen molar-refractivity contribution in [2.45, 2.75) is 13.8 Å². The van der Waals surface area contributed by atoms with Gasteiger partial charge in [0.2, 0.25) is 0 Å². The van der Waals surface area contributed by atoms with E-state index in [2.05, 4.69) is 4.99 Å². The van der Waals surface area contributed by atoms with Crippen molar-refractivity contribution >= 4 is 23.5 Å². The van der Waals surface area contributed by atoms with Gasteiger partial charge in [0.25, 0.3) is 5.91 Å². The summed E-state index contributed by atoms with van der Waals surface area (Å²) < 4.78 is 14.1. The summed E-state index contributed by atoms with van der Waals surface area (Å²) in [7, 11) is 0. The molecule has 0 fully saturated rings. The normalized spacial score (nSPS) is 15.2. The third kappa shape index (κ3) is 3.37. The summed E-state index contributed by atoms with van der Waals surface area (Å²) in [5, 5.41) is 0. The molecule has 3 nitrogen and oxygen atoms in total. The summed E-state index contributed by atoms with van der Waals surface area (Å²) in [4.78, 5) is 19.4. The number of nitrogens with zero attached hydrogens (tertiary/aromatic N) is 2. The standard InChI is InChI=1S/C24H19FN2O/c1-16-7-5-10-19(13-16)23-26-22(15-18-9-3-4-12-21(18)25)24(28)27(23)20-11-6-8-17(2)14-20/h3-15H,1-2H3/b22-15+. The maximum absolute atomic E-state index is 14.1. The maximum Gasteiger partial charge on any atom is 0.282 e. The van der Waals surface area contributed by atoms with E-state index < -0.39 is 0 Å². The van der Waals surface area contributed by atoms with Crippen molar-refractivity contribution in [3.05, 3.63) is 107 Å². The maximum atomic E-state index is 14.1. The van der Waals surface area contributed by atoms with E-state index in [4.69, 9.17) is 0 Å². The number of amidine groups is 1. The molecule has 0 saturated heterocycles. The Balaban J connectivity index is 1.87. The average molecular weight is 370 g/mol. The fourth-order valence-corrected chi connectivity index (χ4v) is 3.24. The summed E-state index contributed by atoms with van der Waals surface area (Å²) in [6.45, 7) is 3.97. The van der Waals surface area contributed by atoms with Gasteiger partial charge in [0.1, 0.15) is 17.3 Å². The lowest BCUT2D eigenvalue weighted by Crippen LogP contribution is -2.32. The SMILES string of the molecule is Cc1cccc(C2=N/C(=C/c3ccccc3F)C(=O)N2c2cccc(C)c2)c1. The van der Waals surface area contributed by atoms with Crippen LogP contribution in [-0.4, -0.2) is 11.7 Å². The molecular formula is C24H19FN2O. The van der Waals surface area contributed by atoms with E-state index in [-0.39, 0.29) is 17.4 Å². The highest BCUT2D eigenvalue weighted by Crippen LogP contribution is 2.29. The molecule has 1 heterocycles. The van der Waals surface area contributed by atoms with E-state index >= 15 is 0 Å². The predicted octanol–water partition coefficient (Wildman–Crippen LogP) is 5.28. The van der Waals surface area contributed by atoms with Crippen molar-refractivity contribution in [3.63, 3.8) is 0 Å². The predicted molar refractivity (Wildman–Crippen MR) is 111 cm³/mol. The third-order valence-corrected chi connectivity index (χ3v) is 4.59. The van der Waals surface area contributed by atoms with Crippen LogP contribution in [0.2, 0.25) is 0 Å². The first-order valence-electron chi connectivity index (χ1n) is 9.06. The summed E-state index contributed by atoms with van der Waals surface area (Å²) >= 11 is 0. The molecule has 0 spiro atoms. The molecule has 0 bridgehead atoms. The molecule has 0 unspecified atom stereocenters. The number of aryl methyl sites for hydroxylation is 2. The van der Waals surface area contributed by atoms with Crippen LogP contribution in [0.1, 0.15) is 22.3 Å². The Morgan fingerprint density at radius 1 is 0.893 bits per heavy atom. The topological polar surface area (TPSA) is 32.7 Å². The first-order valence-corrected chi connectivity index (χ1v) is 9.06. The minimum Gasteiger partial charge on any atom is -0.266 e. The van der Waals surface area contributed by atoms with Crippen LogP contribution in [0.5, 0.6) is 0 Å². The summed E-state index contributed by atoms with van der Waals surface area (Å²) in [5.41, 5.74) is 4.24. The van der Waals surface area contributed by atoms with E-state index in [9.17, 15) is 9.18 Å². The zero-order valence-electron chi connectivity index (χ0n) is 15.7. The number of hydrogen-bond acceptors (Lipinski definition) is 2. The fraction of sp³-hybridized carbons (Fsp3) is 0.0833. The van der Waals surface area contributed by atoms with Crippen molar-refractivity contribution in [1.29, 1.82) is 0 Å². The summed E-state index contributed by atoms with van der Waals surface area (Å²) in [6, 6.07) is 21.9. The van der Waals surface area contributed by atoms with Gasteiger partial charge < -0.3 is 0 Å². The molecular weight excluding hydrogens is 351 g/mol. The minimum absolute atomic E-state index is 0.211. The van der Waals surface area contributed by atoms with Crippen LogP contribution in [0.3, 0.4) is 0 Å². The van der Waals surface area contributed by atoms with Crippen molar-refractivity contribution in [1.82, 2.24) is 0 Å². The van der Waals surface area contributed by atoms with Gasteiger partial charge in [0.15, 0.2) is 0 Å². The van der Waals surface area contributed by atoms with Gasteiger partial charge in [-0.2, -0.15) is 0 Å². The quantitative estimate of drug-likeness (QED) is 0.578. The van der Waals surface area contributed by atoms with E-state index in [0.717, 1.165) is 22.4 Å². The molecule has 0 saturated carbocycles. The molecule has 138 valence electrons. The highest BCUT2D eigenvalue weighted by atomic mass is 19.1. The number of aliphatic imine (C=N–C) groups is 1. The molecule has 0 radical (unpaired) electrons. The summed E-state index contributed by atoms with van der Waals surface area (Å²) in [5.74, 6) is -0.114. The largest absolute Gasteiger partial charge is 0.282 e. The number of anilines is 1. The van der Waals surface area contributed by atoms with Crippen LogP contribution in [0.15, 0.2) is 83.5 Å². The molecule has 28 heavy (non-hydrogen) atoms. The number of carbonyl (C=O) groups excluding carboxylic acids is 1. The van der Waals surface area contributed by atoms with Gasteiger partial charge in [-0.1, -0.05) is 54.1 Å².